The van der Waals surface area contributed by atoms with Gasteiger partial charge in [0.15, 0.2) is 34.5 Å². The standard InChI is InChI=1S/C35H40O10/c1-5-6-7-11-22-14-30(44-34(42)23-16-26(36)32(40)27(37)17-23)25(13-12-21(4)10-8-9-20(2)3)31(15-22)45-35(43)24-18-28(38)33(41)29(39)19-24/h9,12,14-19,36-41H,5-8,10-11,13H2,1-4H3/b21-12+. The number of esters is 2. The third-order valence-corrected chi connectivity index (χ3v) is 7.06. The van der Waals surface area contributed by atoms with Crippen LogP contribution in [-0.4, -0.2) is 42.6 Å². The maximum atomic E-state index is 13.2. The van der Waals surface area contributed by atoms with Gasteiger partial charge in [-0.05, 0) is 94.8 Å². The van der Waals surface area contributed by atoms with E-state index in [-0.39, 0.29) is 29.0 Å². The Labute approximate surface area is 262 Å². The zero-order valence-electron chi connectivity index (χ0n) is 25.9. The monoisotopic (exact) mass is 620 g/mol. The van der Waals surface area contributed by atoms with E-state index in [0.717, 1.165) is 61.9 Å². The van der Waals surface area contributed by atoms with Gasteiger partial charge in [0.05, 0.1) is 11.1 Å². The van der Waals surface area contributed by atoms with Crippen LogP contribution in [0, 0.1) is 0 Å². The lowest BCUT2D eigenvalue weighted by molar-refractivity contribution is 0.0728. The van der Waals surface area contributed by atoms with Gasteiger partial charge in [0.25, 0.3) is 0 Å². The fourth-order valence-electron chi connectivity index (χ4n) is 4.51. The summed E-state index contributed by atoms with van der Waals surface area (Å²) in [4.78, 5) is 26.4. The second-order valence-corrected chi connectivity index (χ2v) is 11.1. The van der Waals surface area contributed by atoms with Gasteiger partial charge in [0, 0.05) is 5.56 Å². The molecule has 0 spiro atoms. The van der Waals surface area contributed by atoms with Gasteiger partial charge in [-0.15, -0.1) is 0 Å². The Bertz CT molecular complexity index is 1470. The zero-order chi connectivity index (χ0) is 33.3. The molecule has 3 rings (SSSR count). The van der Waals surface area contributed by atoms with E-state index in [1.54, 1.807) is 12.1 Å². The number of phenolic OH excluding ortho intramolecular Hbond substituents is 6. The molecule has 0 saturated heterocycles. The van der Waals surface area contributed by atoms with Crippen molar-refractivity contribution in [2.24, 2.45) is 0 Å². The number of carbonyl (C=O) groups excluding carboxylic acids is 2. The number of unbranched alkanes of at least 4 members (excludes halogenated alkanes) is 2. The van der Waals surface area contributed by atoms with Crippen molar-refractivity contribution in [1.29, 1.82) is 0 Å². The fourth-order valence-corrected chi connectivity index (χ4v) is 4.51. The van der Waals surface area contributed by atoms with Gasteiger partial charge in [-0.25, -0.2) is 9.59 Å². The molecule has 10 heteroatoms. The van der Waals surface area contributed by atoms with E-state index in [4.69, 9.17) is 9.47 Å². The fraction of sp³-hybridized carbons (Fsp3) is 0.314. The third-order valence-electron chi connectivity index (χ3n) is 7.06. The highest BCUT2D eigenvalue weighted by Crippen LogP contribution is 2.39. The minimum atomic E-state index is -0.942. The molecule has 3 aromatic carbocycles. The van der Waals surface area contributed by atoms with Crippen LogP contribution in [0.4, 0.5) is 0 Å². The van der Waals surface area contributed by atoms with E-state index < -0.39 is 46.4 Å². The van der Waals surface area contributed by atoms with Gasteiger partial charge in [-0.2, -0.15) is 0 Å². The van der Waals surface area contributed by atoms with Crippen molar-refractivity contribution in [3.8, 4) is 46.0 Å². The minimum Gasteiger partial charge on any atom is -0.504 e. The molecule has 0 heterocycles. The lowest BCUT2D eigenvalue weighted by Gasteiger charge is -2.17. The van der Waals surface area contributed by atoms with Gasteiger partial charge in [0.2, 0.25) is 0 Å². The van der Waals surface area contributed by atoms with Crippen LogP contribution in [0.15, 0.2) is 59.7 Å². The van der Waals surface area contributed by atoms with Crippen LogP contribution in [0.25, 0.3) is 0 Å². The predicted octanol–water partition coefficient (Wildman–Crippen LogP) is 7.33. The number of aromatic hydroxyl groups is 6. The summed E-state index contributed by atoms with van der Waals surface area (Å²) in [5.74, 6) is -6.12. The maximum Gasteiger partial charge on any atom is 0.343 e. The lowest BCUT2D eigenvalue weighted by atomic mass is 10.00. The summed E-state index contributed by atoms with van der Waals surface area (Å²) in [7, 11) is 0. The topological polar surface area (TPSA) is 174 Å². The van der Waals surface area contributed by atoms with Crippen LogP contribution in [0.3, 0.4) is 0 Å². The van der Waals surface area contributed by atoms with Crippen molar-refractivity contribution in [3.05, 3.63) is 82.0 Å². The summed E-state index contributed by atoms with van der Waals surface area (Å²) < 4.78 is 11.5. The highest BCUT2D eigenvalue weighted by Gasteiger charge is 2.22. The summed E-state index contributed by atoms with van der Waals surface area (Å²) in [6.45, 7) is 8.05. The molecular weight excluding hydrogens is 580 g/mol. The second kappa shape index (κ2) is 15.6. The van der Waals surface area contributed by atoms with Crippen LogP contribution in [0.2, 0.25) is 0 Å². The first-order chi connectivity index (χ1) is 21.3. The number of carbonyl (C=O) groups is 2. The molecule has 0 saturated carbocycles. The Morgan fingerprint density at radius 2 is 1.16 bits per heavy atom. The number of hydrogen-bond donors (Lipinski definition) is 6. The van der Waals surface area contributed by atoms with Crippen molar-refractivity contribution in [3.63, 3.8) is 0 Å². The molecule has 240 valence electrons. The minimum absolute atomic E-state index is 0.0774. The molecule has 0 fully saturated rings. The molecule has 0 atom stereocenters. The quantitative estimate of drug-likeness (QED) is 0.0373. The number of allylic oxidation sites excluding steroid dienone is 4. The molecule has 0 radical (unpaired) electrons. The van der Waals surface area contributed by atoms with Gasteiger partial charge in [-0.1, -0.05) is 43.1 Å². The highest BCUT2D eigenvalue weighted by molar-refractivity contribution is 5.94. The summed E-state index contributed by atoms with van der Waals surface area (Å²) in [6.07, 6.45) is 9.10. The lowest BCUT2D eigenvalue weighted by Crippen LogP contribution is -2.14. The summed E-state index contributed by atoms with van der Waals surface area (Å²) in [5.41, 5.74) is 2.82. The Morgan fingerprint density at radius 1 is 0.689 bits per heavy atom. The van der Waals surface area contributed by atoms with Crippen LogP contribution in [0.1, 0.15) is 91.6 Å². The van der Waals surface area contributed by atoms with Gasteiger partial charge < -0.3 is 40.1 Å². The van der Waals surface area contributed by atoms with E-state index in [1.807, 2.05) is 26.8 Å². The van der Waals surface area contributed by atoms with Gasteiger partial charge in [-0.3, -0.25) is 0 Å². The first kappa shape index (κ1) is 34.4. The number of aryl methyl sites for hydroxylation is 1. The summed E-state index contributed by atoms with van der Waals surface area (Å²) in [6, 6.07) is 7.18. The molecule has 0 aromatic heterocycles. The maximum absolute atomic E-state index is 13.2. The van der Waals surface area contributed by atoms with Crippen LogP contribution >= 0.6 is 0 Å². The highest BCUT2D eigenvalue weighted by atomic mass is 16.5. The van der Waals surface area contributed by atoms with Crippen LogP contribution in [-0.2, 0) is 12.8 Å². The molecular formula is C35H40O10. The Hall–Kier alpha value is -5.12. The molecule has 0 aliphatic rings. The van der Waals surface area contributed by atoms with Crippen molar-refractivity contribution in [2.75, 3.05) is 0 Å². The smallest absolute Gasteiger partial charge is 0.343 e. The molecule has 0 bridgehead atoms. The van der Waals surface area contributed by atoms with E-state index in [1.165, 1.54) is 5.57 Å². The molecule has 45 heavy (non-hydrogen) atoms. The van der Waals surface area contributed by atoms with E-state index in [2.05, 4.69) is 13.0 Å². The third kappa shape index (κ3) is 9.43. The van der Waals surface area contributed by atoms with Gasteiger partial charge >= 0.3 is 11.9 Å². The largest absolute Gasteiger partial charge is 0.504 e. The molecule has 0 aliphatic carbocycles. The normalized spacial score (nSPS) is 11.2. The van der Waals surface area contributed by atoms with E-state index in [0.29, 0.717) is 17.5 Å². The van der Waals surface area contributed by atoms with Crippen molar-refractivity contribution < 1.29 is 49.7 Å². The van der Waals surface area contributed by atoms with Crippen molar-refractivity contribution >= 4 is 11.9 Å². The van der Waals surface area contributed by atoms with Crippen molar-refractivity contribution in [2.45, 2.75) is 72.6 Å². The SMILES string of the molecule is CCCCCc1cc(OC(=O)c2cc(O)c(O)c(O)c2)c(C/C=C(\C)CCC=C(C)C)c(OC(=O)c2cc(O)c(O)c(O)c2)c1. The average Bonchev–Trinajstić information content (AvgIpc) is 2.97. The first-order valence-corrected chi connectivity index (χ1v) is 14.7. The molecule has 10 nitrogen and oxygen atoms in total. The molecule has 6 N–H and O–H groups in total. The first-order valence-electron chi connectivity index (χ1n) is 14.7. The number of hydrogen-bond acceptors (Lipinski definition) is 10. The number of benzene rings is 3. The van der Waals surface area contributed by atoms with Crippen LogP contribution < -0.4 is 9.47 Å². The Kier molecular flexibility index (Phi) is 11.9. The number of phenols is 6. The predicted molar refractivity (Wildman–Crippen MR) is 169 cm³/mol. The Morgan fingerprint density at radius 3 is 1.58 bits per heavy atom. The zero-order valence-corrected chi connectivity index (χ0v) is 25.9. The van der Waals surface area contributed by atoms with Crippen LogP contribution in [0.5, 0.6) is 46.0 Å². The molecule has 0 unspecified atom stereocenters. The van der Waals surface area contributed by atoms with E-state index in [9.17, 15) is 40.2 Å². The molecule has 0 aliphatic heterocycles. The molecule has 3 aromatic rings. The summed E-state index contributed by atoms with van der Waals surface area (Å²) >= 11 is 0. The Balaban J connectivity index is 2.11. The number of ether oxygens (including phenoxy) is 2. The van der Waals surface area contributed by atoms with Crippen molar-refractivity contribution in [1.82, 2.24) is 0 Å². The summed E-state index contributed by atoms with van der Waals surface area (Å²) in [5, 5.41) is 59.2. The van der Waals surface area contributed by atoms with E-state index >= 15 is 0 Å². The second-order valence-electron chi connectivity index (χ2n) is 11.1. The van der Waals surface area contributed by atoms with Gasteiger partial charge in [0.1, 0.15) is 11.5 Å². The average molecular weight is 621 g/mol. The number of rotatable bonds is 13. The molecule has 0 amide bonds.